The van der Waals surface area contributed by atoms with E-state index in [2.05, 4.69) is 25.5 Å². The molecule has 0 radical (unpaired) electrons. The first-order valence-electron chi connectivity index (χ1n) is 7.82. The topological polar surface area (TPSA) is 65.7 Å². The van der Waals surface area contributed by atoms with Crippen LogP contribution in [0.2, 0.25) is 0 Å². The molecule has 2 aromatic rings. The highest BCUT2D eigenvalue weighted by Crippen LogP contribution is 2.17. The fourth-order valence-electron chi connectivity index (χ4n) is 2.21. The third kappa shape index (κ3) is 5.41. The summed E-state index contributed by atoms with van der Waals surface area (Å²) in [6, 6.07) is 9.89. The standard InChI is InChI=1S/C17H25N5O/c1-4-18-17(20-12-14-8-5-6-10-19-14)21-13-15(22(2)3)16-9-7-11-23-16/h5-11,15H,4,12-13H2,1-3H3,(H2,18,20,21). The van der Waals surface area contributed by atoms with E-state index in [1.165, 1.54) is 0 Å². The van der Waals surface area contributed by atoms with E-state index >= 15 is 0 Å². The molecule has 0 amide bonds. The smallest absolute Gasteiger partial charge is 0.191 e. The minimum absolute atomic E-state index is 0.142. The summed E-state index contributed by atoms with van der Waals surface area (Å²) in [7, 11) is 4.07. The number of hydrogen-bond donors (Lipinski definition) is 2. The number of aromatic nitrogens is 1. The second-order valence-electron chi connectivity index (χ2n) is 5.39. The van der Waals surface area contributed by atoms with Crippen molar-refractivity contribution < 1.29 is 4.42 Å². The van der Waals surface area contributed by atoms with Crippen molar-refractivity contribution in [3.05, 3.63) is 54.2 Å². The van der Waals surface area contributed by atoms with Crippen molar-refractivity contribution in [2.45, 2.75) is 19.5 Å². The van der Waals surface area contributed by atoms with Gasteiger partial charge in [-0.05, 0) is 45.3 Å². The van der Waals surface area contributed by atoms with Gasteiger partial charge in [-0.1, -0.05) is 6.07 Å². The number of guanidine groups is 1. The first-order valence-corrected chi connectivity index (χ1v) is 7.82. The zero-order valence-corrected chi connectivity index (χ0v) is 14.0. The largest absolute Gasteiger partial charge is 0.468 e. The third-order valence-electron chi connectivity index (χ3n) is 3.43. The molecule has 0 bridgehead atoms. The van der Waals surface area contributed by atoms with E-state index in [1.54, 1.807) is 12.5 Å². The number of aliphatic imine (C=N–C) groups is 1. The maximum Gasteiger partial charge on any atom is 0.191 e. The van der Waals surface area contributed by atoms with Crippen molar-refractivity contribution in [1.82, 2.24) is 20.5 Å². The molecule has 0 fully saturated rings. The molecule has 0 aliphatic carbocycles. The Balaban J connectivity index is 1.98. The van der Waals surface area contributed by atoms with Crippen LogP contribution in [-0.2, 0) is 6.54 Å². The maximum atomic E-state index is 5.53. The summed E-state index contributed by atoms with van der Waals surface area (Å²) in [5.41, 5.74) is 0.944. The Morgan fingerprint density at radius 2 is 2.13 bits per heavy atom. The maximum absolute atomic E-state index is 5.53. The molecule has 2 rings (SSSR count). The summed E-state index contributed by atoms with van der Waals surface area (Å²) in [5, 5.41) is 6.62. The molecule has 0 saturated carbocycles. The van der Waals surface area contributed by atoms with E-state index in [9.17, 15) is 0 Å². The SMILES string of the molecule is CCNC(=NCc1ccccn1)NCC(c1ccco1)N(C)C. The molecule has 0 saturated heterocycles. The van der Waals surface area contributed by atoms with E-state index in [0.29, 0.717) is 13.1 Å². The van der Waals surface area contributed by atoms with Gasteiger partial charge in [0.25, 0.3) is 0 Å². The Morgan fingerprint density at radius 3 is 2.74 bits per heavy atom. The molecule has 1 atom stereocenters. The average Bonchev–Trinajstić information content (AvgIpc) is 3.07. The Kier molecular flexibility index (Phi) is 6.62. The van der Waals surface area contributed by atoms with Crippen LogP contribution >= 0.6 is 0 Å². The third-order valence-corrected chi connectivity index (χ3v) is 3.43. The second-order valence-corrected chi connectivity index (χ2v) is 5.39. The van der Waals surface area contributed by atoms with E-state index in [0.717, 1.165) is 24.0 Å². The van der Waals surface area contributed by atoms with Crippen LogP contribution in [0.4, 0.5) is 0 Å². The predicted molar refractivity (Wildman–Crippen MR) is 92.2 cm³/mol. The fourth-order valence-corrected chi connectivity index (χ4v) is 2.21. The zero-order valence-electron chi connectivity index (χ0n) is 14.0. The molecular formula is C17H25N5O. The lowest BCUT2D eigenvalue weighted by molar-refractivity contribution is 0.258. The Bertz CT molecular complexity index is 580. The van der Waals surface area contributed by atoms with Crippen molar-refractivity contribution in [1.29, 1.82) is 0 Å². The molecule has 0 aliphatic heterocycles. The van der Waals surface area contributed by atoms with Gasteiger partial charge in [0.1, 0.15) is 5.76 Å². The van der Waals surface area contributed by atoms with Crippen LogP contribution in [0, 0.1) is 0 Å². The second kappa shape index (κ2) is 8.95. The van der Waals surface area contributed by atoms with Crippen molar-refractivity contribution in [2.24, 2.45) is 4.99 Å². The van der Waals surface area contributed by atoms with Gasteiger partial charge in [-0.15, -0.1) is 0 Å². The van der Waals surface area contributed by atoms with Crippen LogP contribution in [0.5, 0.6) is 0 Å². The minimum Gasteiger partial charge on any atom is -0.468 e. The van der Waals surface area contributed by atoms with Crippen LogP contribution in [0.1, 0.15) is 24.4 Å². The molecule has 1 unspecified atom stereocenters. The van der Waals surface area contributed by atoms with Crippen molar-refractivity contribution in [3.63, 3.8) is 0 Å². The van der Waals surface area contributed by atoms with Gasteiger partial charge in [0.15, 0.2) is 5.96 Å². The molecule has 23 heavy (non-hydrogen) atoms. The number of rotatable bonds is 7. The summed E-state index contributed by atoms with van der Waals surface area (Å²) < 4.78 is 5.53. The first kappa shape index (κ1) is 17.0. The monoisotopic (exact) mass is 315 g/mol. The average molecular weight is 315 g/mol. The minimum atomic E-state index is 0.142. The van der Waals surface area contributed by atoms with Crippen LogP contribution in [0.3, 0.4) is 0 Å². The van der Waals surface area contributed by atoms with E-state index in [1.807, 2.05) is 51.4 Å². The molecule has 2 N–H and O–H groups in total. The molecule has 0 aromatic carbocycles. The Labute approximate surface area is 137 Å². The van der Waals surface area contributed by atoms with Gasteiger partial charge in [0.05, 0.1) is 24.5 Å². The highest BCUT2D eigenvalue weighted by Gasteiger charge is 2.17. The molecule has 0 spiro atoms. The van der Waals surface area contributed by atoms with Gasteiger partial charge in [-0.3, -0.25) is 9.88 Å². The van der Waals surface area contributed by atoms with Crippen LogP contribution in [0.15, 0.2) is 52.2 Å². The Morgan fingerprint density at radius 1 is 1.26 bits per heavy atom. The van der Waals surface area contributed by atoms with Crippen molar-refractivity contribution >= 4 is 5.96 Å². The number of furan rings is 1. The van der Waals surface area contributed by atoms with Crippen molar-refractivity contribution in [2.75, 3.05) is 27.2 Å². The molecule has 6 heteroatoms. The summed E-state index contributed by atoms with van der Waals surface area (Å²) >= 11 is 0. The zero-order chi connectivity index (χ0) is 16.5. The Hall–Kier alpha value is -2.34. The predicted octanol–water partition coefficient (Wildman–Crippen LogP) is 2.03. The number of pyridine rings is 1. The lowest BCUT2D eigenvalue weighted by Gasteiger charge is -2.23. The quantitative estimate of drug-likeness (QED) is 0.604. The van der Waals surface area contributed by atoms with E-state index in [-0.39, 0.29) is 6.04 Å². The molecule has 124 valence electrons. The molecular weight excluding hydrogens is 290 g/mol. The summed E-state index contributed by atoms with van der Waals surface area (Å²) in [4.78, 5) is 11.0. The molecule has 2 aromatic heterocycles. The number of nitrogens with one attached hydrogen (secondary N) is 2. The lowest BCUT2D eigenvalue weighted by Crippen LogP contribution is -2.41. The van der Waals surface area contributed by atoms with Gasteiger partial charge < -0.3 is 15.1 Å². The van der Waals surface area contributed by atoms with Crippen LogP contribution < -0.4 is 10.6 Å². The normalized spacial score (nSPS) is 13.1. The van der Waals surface area contributed by atoms with E-state index in [4.69, 9.17) is 4.42 Å². The highest BCUT2D eigenvalue weighted by molar-refractivity contribution is 5.79. The van der Waals surface area contributed by atoms with Crippen LogP contribution in [0.25, 0.3) is 0 Å². The summed E-state index contributed by atoms with van der Waals surface area (Å²) in [5.74, 6) is 1.71. The van der Waals surface area contributed by atoms with Gasteiger partial charge in [0.2, 0.25) is 0 Å². The van der Waals surface area contributed by atoms with Gasteiger partial charge >= 0.3 is 0 Å². The van der Waals surface area contributed by atoms with E-state index < -0.39 is 0 Å². The number of likely N-dealkylation sites (N-methyl/N-ethyl adjacent to an activating group) is 1. The van der Waals surface area contributed by atoms with Gasteiger partial charge in [-0.2, -0.15) is 0 Å². The molecule has 2 heterocycles. The highest BCUT2D eigenvalue weighted by atomic mass is 16.3. The first-order chi connectivity index (χ1) is 11.2. The van der Waals surface area contributed by atoms with Crippen LogP contribution in [-0.4, -0.2) is 43.0 Å². The molecule has 6 nitrogen and oxygen atoms in total. The lowest BCUT2D eigenvalue weighted by atomic mass is 10.2. The fraction of sp³-hybridized carbons (Fsp3) is 0.412. The summed E-state index contributed by atoms with van der Waals surface area (Å²) in [6.45, 7) is 4.10. The van der Waals surface area contributed by atoms with Gasteiger partial charge in [0, 0.05) is 19.3 Å². The van der Waals surface area contributed by atoms with Crippen molar-refractivity contribution in [3.8, 4) is 0 Å². The molecule has 0 aliphatic rings. The number of hydrogen-bond acceptors (Lipinski definition) is 4. The summed E-state index contributed by atoms with van der Waals surface area (Å²) in [6.07, 6.45) is 3.48. The number of nitrogens with zero attached hydrogens (tertiary/aromatic N) is 3. The van der Waals surface area contributed by atoms with Gasteiger partial charge in [-0.25, -0.2) is 4.99 Å².